The first kappa shape index (κ1) is 29.1. The maximum absolute atomic E-state index is 12.4. The Hall–Kier alpha value is -4.37. The first-order valence-corrected chi connectivity index (χ1v) is 15.1. The van der Waals surface area contributed by atoms with Crippen LogP contribution in [-0.2, 0) is 12.8 Å². The van der Waals surface area contributed by atoms with Crippen LogP contribution in [0.1, 0.15) is 54.2 Å². The molecule has 1 aliphatic rings. The fourth-order valence-electron chi connectivity index (χ4n) is 5.37. The summed E-state index contributed by atoms with van der Waals surface area (Å²) in [5.74, 6) is -0.154. The highest BCUT2D eigenvalue weighted by molar-refractivity contribution is 7.99. The van der Waals surface area contributed by atoms with Gasteiger partial charge in [-0.2, -0.15) is 0 Å². The Morgan fingerprint density at radius 3 is 2.60 bits per heavy atom. The van der Waals surface area contributed by atoms with E-state index in [2.05, 4.69) is 34.6 Å². The van der Waals surface area contributed by atoms with Gasteiger partial charge in [0, 0.05) is 29.7 Å². The maximum atomic E-state index is 12.4. The third-order valence-electron chi connectivity index (χ3n) is 7.45. The lowest BCUT2D eigenvalue weighted by Gasteiger charge is -2.29. The van der Waals surface area contributed by atoms with Crippen molar-refractivity contribution < 1.29 is 14.7 Å². The third kappa shape index (κ3) is 6.11. The zero-order chi connectivity index (χ0) is 29.5. The first-order chi connectivity index (χ1) is 20.5. The van der Waals surface area contributed by atoms with Crippen LogP contribution in [0.4, 0.5) is 11.4 Å². The predicted octanol–water partition coefficient (Wildman–Crippen LogP) is 7.84. The second-order valence-electron chi connectivity index (χ2n) is 10.1. The number of carbonyl (C=O) groups excluding carboxylic acids is 1. The summed E-state index contributed by atoms with van der Waals surface area (Å²) in [4.78, 5) is 36.8. The Bertz CT molecular complexity index is 1580. The van der Waals surface area contributed by atoms with E-state index >= 15 is 0 Å². The van der Waals surface area contributed by atoms with E-state index in [0.29, 0.717) is 28.3 Å². The number of aromatic nitrogens is 1. The van der Waals surface area contributed by atoms with Gasteiger partial charge in [-0.25, -0.2) is 4.98 Å². The molecule has 2 heterocycles. The van der Waals surface area contributed by atoms with Crippen molar-refractivity contribution >= 4 is 29.0 Å². The molecule has 216 valence electrons. The Morgan fingerprint density at radius 2 is 1.83 bits per heavy atom. The zero-order valence-electron chi connectivity index (χ0n) is 23.8. The Morgan fingerprint density at radius 1 is 1.07 bits per heavy atom. The number of nitrogens with zero attached hydrogens (tertiary/aromatic N) is 3. The fourth-order valence-corrected chi connectivity index (χ4v) is 6.25. The number of unbranched alkanes of at least 4 members (excludes halogenated alkanes) is 1. The van der Waals surface area contributed by atoms with Crippen LogP contribution in [0, 0.1) is 4.91 Å². The second kappa shape index (κ2) is 13.5. The number of aromatic hydroxyl groups is 1. The number of amides is 1. The van der Waals surface area contributed by atoms with Gasteiger partial charge in [-0.15, -0.1) is 4.91 Å². The highest BCUT2D eigenvalue weighted by Gasteiger charge is 2.28. The third-order valence-corrected chi connectivity index (χ3v) is 8.53. The molecule has 42 heavy (non-hydrogen) atoms. The standard InChI is InChI=1S/C33H34N4O4S/c1-3-4-15-27-29(37-21-10-9-12-23-11-5-8-16-28(23)37)30(38)31(33(35-27)41-36-40)42-24-19-17-22(18-20-24)25-13-6-7-14-26(25)32(39)34-2/h5-8,11,13-14,16-20H,3-4,9-10,12,15,21H2,1-2H3,(H,34,39)(H,35,38). The molecule has 3 aromatic carbocycles. The molecular formula is C33H34N4O4S. The molecule has 0 bridgehead atoms. The van der Waals surface area contributed by atoms with Crippen LogP contribution in [0.25, 0.3) is 11.1 Å². The minimum Gasteiger partial charge on any atom is -0.504 e. The number of pyridine rings is 1. The van der Waals surface area contributed by atoms with E-state index < -0.39 is 0 Å². The summed E-state index contributed by atoms with van der Waals surface area (Å²) in [5, 5.41) is 17.2. The van der Waals surface area contributed by atoms with Crippen LogP contribution in [-0.4, -0.2) is 29.6 Å². The van der Waals surface area contributed by atoms with Crippen LogP contribution >= 0.6 is 11.8 Å². The van der Waals surface area contributed by atoms with Crippen molar-refractivity contribution in [1.29, 1.82) is 0 Å². The van der Waals surface area contributed by atoms with Crippen LogP contribution < -0.4 is 15.1 Å². The topological polar surface area (TPSA) is 104 Å². The Balaban J connectivity index is 1.57. The molecule has 0 atom stereocenters. The highest BCUT2D eigenvalue weighted by atomic mass is 32.2. The molecular weight excluding hydrogens is 548 g/mol. The molecule has 5 rings (SSSR count). The largest absolute Gasteiger partial charge is 0.504 e. The number of carbonyl (C=O) groups is 1. The van der Waals surface area contributed by atoms with Gasteiger partial charge in [-0.3, -0.25) is 4.79 Å². The van der Waals surface area contributed by atoms with E-state index in [1.54, 1.807) is 13.1 Å². The van der Waals surface area contributed by atoms with E-state index in [9.17, 15) is 14.8 Å². The van der Waals surface area contributed by atoms with E-state index in [1.165, 1.54) is 17.3 Å². The highest BCUT2D eigenvalue weighted by Crippen LogP contribution is 2.49. The van der Waals surface area contributed by atoms with Gasteiger partial charge in [0.1, 0.15) is 10.6 Å². The fraction of sp³-hybridized carbons (Fsp3) is 0.273. The molecule has 0 spiro atoms. The van der Waals surface area contributed by atoms with Crippen molar-refractivity contribution in [2.75, 3.05) is 18.5 Å². The van der Waals surface area contributed by atoms with Crippen LogP contribution in [0.5, 0.6) is 11.6 Å². The van der Waals surface area contributed by atoms with E-state index in [1.807, 2.05) is 54.6 Å². The monoisotopic (exact) mass is 582 g/mol. The van der Waals surface area contributed by atoms with Crippen molar-refractivity contribution in [3.63, 3.8) is 0 Å². The van der Waals surface area contributed by atoms with Gasteiger partial charge in [0.15, 0.2) is 11.1 Å². The number of anilines is 2. The average molecular weight is 583 g/mol. The summed E-state index contributed by atoms with van der Waals surface area (Å²) in [7, 11) is 1.61. The number of hydrogen-bond acceptors (Lipinski definition) is 8. The molecule has 0 saturated heterocycles. The molecule has 1 aliphatic heterocycles. The van der Waals surface area contributed by atoms with Crippen LogP contribution in [0.3, 0.4) is 0 Å². The van der Waals surface area contributed by atoms with Gasteiger partial charge >= 0.3 is 0 Å². The maximum Gasteiger partial charge on any atom is 0.270 e. The summed E-state index contributed by atoms with van der Waals surface area (Å²) in [5.41, 5.74) is 5.89. The lowest BCUT2D eigenvalue weighted by molar-refractivity contribution is 0.0963. The number of hydrogen-bond donors (Lipinski definition) is 2. The normalized spacial score (nSPS) is 12.8. The van der Waals surface area contributed by atoms with Crippen LogP contribution in [0.2, 0.25) is 0 Å². The molecule has 1 amide bonds. The van der Waals surface area contributed by atoms with E-state index in [-0.39, 0.29) is 17.5 Å². The SMILES string of the molecule is CCCCc1nc(ON=O)c(Sc2ccc(-c3ccccc3C(=O)NC)cc2)c(O)c1N1CCCCc2ccccc21. The van der Waals surface area contributed by atoms with Crippen molar-refractivity contribution in [3.05, 3.63) is 94.5 Å². The molecule has 8 nitrogen and oxygen atoms in total. The summed E-state index contributed by atoms with van der Waals surface area (Å²) >= 11 is 1.25. The summed E-state index contributed by atoms with van der Waals surface area (Å²) < 4.78 is 0. The lowest BCUT2D eigenvalue weighted by atomic mass is 9.99. The van der Waals surface area contributed by atoms with Gasteiger partial charge < -0.3 is 20.2 Å². The van der Waals surface area contributed by atoms with Gasteiger partial charge in [0.05, 0.1) is 5.69 Å². The number of para-hydroxylation sites is 1. The molecule has 0 aliphatic carbocycles. The van der Waals surface area contributed by atoms with Gasteiger partial charge in [0.2, 0.25) is 0 Å². The second-order valence-corrected chi connectivity index (χ2v) is 11.2. The quantitative estimate of drug-likeness (QED) is 0.145. The summed E-state index contributed by atoms with van der Waals surface area (Å²) in [6.07, 6.45) is 5.44. The lowest BCUT2D eigenvalue weighted by Crippen LogP contribution is -2.21. The minimum atomic E-state index is -0.158. The zero-order valence-corrected chi connectivity index (χ0v) is 24.6. The first-order valence-electron chi connectivity index (χ1n) is 14.3. The minimum absolute atomic E-state index is 0.0144. The summed E-state index contributed by atoms with van der Waals surface area (Å²) in [6.45, 7) is 2.84. The van der Waals surface area contributed by atoms with Crippen molar-refractivity contribution in [2.24, 2.45) is 5.34 Å². The van der Waals surface area contributed by atoms with Gasteiger partial charge in [-0.05, 0) is 73.1 Å². The smallest absolute Gasteiger partial charge is 0.270 e. The van der Waals surface area contributed by atoms with E-state index in [0.717, 1.165) is 60.4 Å². The number of rotatable bonds is 10. The molecule has 0 radical (unpaired) electrons. The molecule has 0 saturated carbocycles. The van der Waals surface area contributed by atoms with Crippen molar-refractivity contribution in [1.82, 2.24) is 10.3 Å². The number of fused-ring (bicyclic) bond motifs is 1. The number of aryl methyl sites for hydroxylation is 2. The molecule has 4 aromatic rings. The Kier molecular flexibility index (Phi) is 9.38. The number of benzene rings is 3. The van der Waals surface area contributed by atoms with Crippen LogP contribution in [0.15, 0.2) is 87.9 Å². The average Bonchev–Trinajstić information content (AvgIpc) is 3.24. The van der Waals surface area contributed by atoms with Crippen molar-refractivity contribution in [2.45, 2.75) is 55.2 Å². The van der Waals surface area contributed by atoms with Crippen molar-refractivity contribution in [3.8, 4) is 22.8 Å². The van der Waals surface area contributed by atoms with E-state index in [4.69, 9.17) is 9.82 Å². The predicted molar refractivity (Wildman–Crippen MR) is 167 cm³/mol. The molecule has 0 fully saturated rings. The number of nitrogens with one attached hydrogen (secondary N) is 1. The van der Waals surface area contributed by atoms with Gasteiger partial charge in [-0.1, -0.05) is 73.6 Å². The molecule has 1 aromatic heterocycles. The molecule has 0 unspecified atom stereocenters. The molecule has 9 heteroatoms. The molecule has 2 N–H and O–H groups in total. The Labute approximate surface area is 250 Å². The van der Waals surface area contributed by atoms with Gasteiger partial charge in [0.25, 0.3) is 11.8 Å². The summed E-state index contributed by atoms with van der Waals surface area (Å²) in [6, 6.07) is 23.4.